The highest BCUT2D eigenvalue weighted by atomic mass is 32.1. The smallest absolute Gasteiger partial charge is 0.226 e. The average Bonchev–Trinajstić information content (AvgIpc) is 2.86. The van der Waals surface area contributed by atoms with Gasteiger partial charge in [-0.2, -0.15) is 11.3 Å². The molecule has 1 saturated carbocycles. The van der Waals surface area contributed by atoms with Gasteiger partial charge in [0.1, 0.15) is 0 Å². The lowest BCUT2D eigenvalue weighted by atomic mass is 10.3. The number of aromatic nitrogens is 3. The Morgan fingerprint density at radius 1 is 1.65 bits per heavy atom. The van der Waals surface area contributed by atoms with Crippen LogP contribution in [0.1, 0.15) is 24.4 Å². The van der Waals surface area contributed by atoms with Gasteiger partial charge in [-0.25, -0.2) is 5.10 Å². The number of hydrogen-bond acceptors (Lipinski definition) is 4. The Balaban J connectivity index is 1.86. The van der Waals surface area contributed by atoms with Gasteiger partial charge in [0.05, 0.1) is 0 Å². The molecule has 2 aromatic heterocycles. The van der Waals surface area contributed by atoms with Gasteiger partial charge in [0.15, 0.2) is 4.77 Å². The van der Waals surface area contributed by atoms with Crippen molar-refractivity contribution in [1.29, 1.82) is 0 Å². The van der Waals surface area contributed by atoms with E-state index in [1.54, 1.807) is 11.3 Å². The number of anilines is 1. The minimum Gasteiger partial charge on any atom is -0.340 e. The lowest BCUT2D eigenvalue weighted by molar-refractivity contribution is 0.701. The van der Waals surface area contributed by atoms with Crippen molar-refractivity contribution >= 4 is 29.5 Å². The summed E-state index contributed by atoms with van der Waals surface area (Å²) in [6, 6.07) is 2.70. The van der Waals surface area contributed by atoms with E-state index in [2.05, 4.69) is 43.5 Å². The first kappa shape index (κ1) is 11.0. The number of hydrogen-bond donors (Lipinski definition) is 1. The van der Waals surface area contributed by atoms with Gasteiger partial charge in [-0.3, -0.25) is 4.57 Å². The van der Waals surface area contributed by atoms with Crippen molar-refractivity contribution in [3.05, 3.63) is 27.2 Å². The van der Waals surface area contributed by atoms with Crippen molar-refractivity contribution < 1.29 is 0 Å². The number of thiophene rings is 1. The standard InChI is InChI=1S/C11H14N4S2/c1-14(6-8-4-5-17-7-8)10-12-13-11(16)15(10)9-2-3-9/h4-5,7,9H,2-3,6H2,1H3,(H,13,16). The van der Waals surface area contributed by atoms with Crippen LogP contribution in [-0.4, -0.2) is 21.8 Å². The second kappa shape index (κ2) is 4.27. The summed E-state index contributed by atoms with van der Waals surface area (Å²) in [5.41, 5.74) is 1.31. The predicted octanol–water partition coefficient (Wildman–Crippen LogP) is 2.97. The van der Waals surface area contributed by atoms with Gasteiger partial charge >= 0.3 is 0 Å². The van der Waals surface area contributed by atoms with Crippen LogP contribution in [0.3, 0.4) is 0 Å². The molecule has 1 aliphatic rings. The predicted molar refractivity (Wildman–Crippen MR) is 72.1 cm³/mol. The first-order valence-electron chi connectivity index (χ1n) is 5.65. The van der Waals surface area contributed by atoms with Crippen LogP contribution >= 0.6 is 23.6 Å². The molecule has 0 bridgehead atoms. The first-order valence-corrected chi connectivity index (χ1v) is 7.00. The zero-order valence-corrected chi connectivity index (χ0v) is 11.2. The fourth-order valence-corrected chi connectivity index (χ4v) is 2.89. The minimum absolute atomic E-state index is 0.557. The molecule has 0 unspecified atom stereocenters. The van der Waals surface area contributed by atoms with Crippen molar-refractivity contribution in [2.45, 2.75) is 25.4 Å². The van der Waals surface area contributed by atoms with Crippen LogP contribution < -0.4 is 4.90 Å². The Bertz CT molecular complexity index is 550. The molecule has 0 spiro atoms. The molecule has 2 heterocycles. The normalized spacial score (nSPS) is 15.1. The van der Waals surface area contributed by atoms with Gasteiger partial charge in [0, 0.05) is 19.6 Å². The quantitative estimate of drug-likeness (QED) is 0.864. The lowest BCUT2D eigenvalue weighted by Gasteiger charge is -2.18. The van der Waals surface area contributed by atoms with Gasteiger partial charge in [0.2, 0.25) is 5.95 Å². The van der Waals surface area contributed by atoms with Crippen LogP contribution in [0.2, 0.25) is 0 Å². The van der Waals surface area contributed by atoms with Crippen LogP contribution in [0.4, 0.5) is 5.95 Å². The third-order valence-corrected chi connectivity index (χ3v) is 3.96. The third kappa shape index (κ3) is 2.14. The summed E-state index contributed by atoms with van der Waals surface area (Å²) in [7, 11) is 2.06. The van der Waals surface area contributed by atoms with E-state index in [-0.39, 0.29) is 0 Å². The maximum absolute atomic E-state index is 5.28. The summed E-state index contributed by atoms with van der Waals surface area (Å²) in [5.74, 6) is 0.948. The lowest BCUT2D eigenvalue weighted by Crippen LogP contribution is -2.20. The molecule has 4 nitrogen and oxygen atoms in total. The molecule has 0 aromatic carbocycles. The highest BCUT2D eigenvalue weighted by molar-refractivity contribution is 7.71. The molecular weight excluding hydrogens is 252 g/mol. The fraction of sp³-hybridized carbons (Fsp3) is 0.455. The maximum Gasteiger partial charge on any atom is 0.226 e. The van der Waals surface area contributed by atoms with E-state index < -0.39 is 0 Å². The molecule has 0 atom stereocenters. The van der Waals surface area contributed by atoms with Crippen LogP contribution in [0, 0.1) is 4.77 Å². The van der Waals surface area contributed by atoms with Crippen LogP contribution in [0.25, 0.3) is 0 Å². The van der Waals surface area contributed by atoms with Crippen molar-refractivity contribution in [2.24, 2.45) is 0 Å². The summed E-state index contributed by atoms with van der Waals surface area (Å²) in [5, 5.41) is 11.5. The second-order valence-corrected chi connectivity index (χ2v) is 5.58. The number of rotatable bonds is 4. The number of aromatic amines is 1. The van der Waals surface area contributed by atoms with Gasteiger partial charge < -0.3 is 4.90 Å². The molecule has 0 aliphatic heterocycles. The SMILES string of the molecule is CN(Cc1ccsc1)c1n[nH]c(=S)n1C1CC1. The summed E-state index contributed by atoms with van der Waals surface area (Å²) in [4.78, 5) is 2.15. The van der Waals surface area contributed by atoms with Gasteiger partial charge in [-0.1, -0.05) is 0 Å². The number of nitrogens with one attached hydrogen (secondary N) is 1. The summed E-state index contributed by atoms with van der Waals surface area (Å²) >= 11 is 7.00. The van der Waals surface area contributed by atoms with Gasteiger partial charge in [0.25, 0.3) is 0 Å². The molecule has 1 aliphatic carbocycles. The molecule has 17 heavy (non-hydrogen) atoms. The highest BCUT2D eigenvalue weighted by Gasteiger charge is 2.28. The first-order chi connectivity index (χ1) is 8.25. The van der Waals surface area contributed by atoms with Gasteiger partial charge in [-0.05, 0) is 47.4 Å². The summed E-state index contributed by atoms with van der Waals surface area (Å²) < 4.78 is 2.88. The molecule has 0 radical (unpaired) electrons. The van der Waals surface area contributed by atoms with E-state index >= 15 is 0 Å². The van der Waals surface area contributed by atoms with E-state index in [9.17, 15) is 0 Å². The number of nitrogens with zero attached hydrogens (tertiary/aromatic N) is 3. The van der Waals surface area contributed by atoms with E-state index in [1.165, 1.54) is 18.4 Å². The molecule has 2 aromatic rings. The highest BCUT2D eigenvalue weighted by Crippen LogP contribution is 2.37. The van der Waals surface area contributed by atoms with Gasteiger partial charge in [-0.15, -0.1) is 5.10 Å². The van der Waals surface area contributed by atoms with E-state index in [0.29, 0.717) is 6.04 Å². The third-order valence-electron chi connectivity index (χ3n) is 2.94. The maximum atomic E-state index is 5.28. The Hall–Kier alpha value is -1.14. The molecule has 6 heteroatoms. The van der Waals surface area contributed by atoms with E-state index in [0.717, 1.165) is 17.3 Å². The molecule has 90 valence electrons. The zero-order chi connectivity index (χ0) is 11.8. The van der Waals surface area contributed by atoms with Crippen LogP contribution in [0.15, 0.2) is 16.8 Å². The number of H-pyrrole nitrogens is 1. The topological polar surface area (TPSA) is 36.9 Å². The zero-order valence-electron chi connectivity index (χ0n) is 9.59. The molecule has 3 rings (SSSR count). The summed E-state index contributed by atoms with van der Waals surface area (Å²) in [6.07, 6.45) is 2.43. The molecular formula is C11H14N4S2. The fourth-order valence-electron chi connectivity index (χ4n) is 1.95. The average molecular weight is 266 g/mol. The van der Waals surface area contributed by atoms with Crippen LogP contribution in [-0.2, 0) is 6.54 Å². The molecule has 0 saturated heterocycles. The van der Waals surface area contributed by atoms with E-state index in [1.807, 2.05) is 0 Å². The Labute approximate surface area is 109 Å². The molecule has 1 fully saturated rings. The van der Waals surface area contributed by atoms with E-state index in [4.69, 9.17) is 12.2 Å². The Morgan fingerprint density at radius 2 is 2.47 bits per heavy atom. The van der Waals surface area contributed by atoms with Crippen molar-refractivity contribution in [1.82, 2.24) is 14.8 Å². The van der Waals surface area contributed by atoms with Crippen molar-refractivity contribution in [3.8, 4) is 0 Å². The van der Waals surface area contributed by atoms with Crippen molar-refractivity contribution in [3.63, 3.8) is 0 Å². The van der Waals surface area contributed by atoms with Crippen LogP contribution in [0.5, 0.6) is 0 Å². The Morgan fingerprint density at radius 3 is 3.12 bits per heavy atom. The molecule has 1 N–H and O–H groups in total. The second-order valence-electron chi connectivity index (χ2n) is 4.42. The molecule has 0 amide bonds. The monoisotopic (exact) mass is 266 g/mol. The summed E-state index contributed by atoms with van der Waals surface area (Å²) in [6.45, 7) is 0.871. The van der Waals surface area contributed by atoms with Crippen molar-refractivity contribution in [2.75, 3.05) is 11.9 Å². The Kier molecular flexibility index (Phi) is 2.76. The minimum atomic E-state index is 0.557. The largest absolute Gasteiger partial charge is 0.340 e.